The topological polar surface area (TPSA) is 94.2 Å². The van der Waals surface area contributed by atoms with E-state index in [0.717, 1.165) is 35.7 Å². The Kier molecular flexibility index (Phi) is 6.06. The van der Waals surface area contributed by atoms with E-state index in [-0.39, 0.29) is 29.0 Å². The summed E-state index contributed by atoms with van der Waals surface area (Å²) in [5.74, 6) is -1.42. The maximum atomic E-state index is 14.4. The van der Waals surface area contributed by atoms with Crippen molar-refractivity contribution < 1.29 is 18.3 Å². The number of benzene rings is 2. The summed E-state index contributed by atoms with van der Waals surface area (Å²) in [6.07, 6.45) is 1.78. The van der Waals surface area contributed by atoms with E-state index < -0.39 is 17.7 Å². The summed E-state index contributed by atoms with van der Waals surface area (Å²) in [5, 5.41) is 10.3. The van der Waals surface area contributed by atoms with Crippen molar-refractivity contribution in [2.45, 2.75) is 18.9 Å². The average molecular weight is 448 g/mol. The molecule has 0 radical (unpaired) electrons. The minimum atomic E-state index is -0.715. The Hall–Kier alpha value is -3.17. The van der Waals surface area contributed by atoms with Crippen molar-refractivity contribution in [3.05, 3.63) is 59.1 Å². The molecule has 1 aromatic heterocycles. The van der Waals surface area contributed by atoms with Gasteiger partial charge in [-0.1, -0.05) is 23.7 Å². The van der Waals surface area contributed by atoms with Crippen molar-refractivity contribution in [2.24, 2.45) is 0 Å². The first-order chi connectivity index (χ1) is 14.9. The Bertz CT molecular complexity index is 1100. The Morgan fingerprint density at radius 2 is 2.03 bits per heavy atom. The number of halogens is 3. The van der Waals surface area contributed by atoms with Gasteiger partial charge in [0.2, 0.25) is 0 Å². The van der Waals surface area contributed by atoms with Crippen LogP contribution in [0, 0.1) is 11.6 Å². The smallest absolute Gasteiger partial charge is 0.319 e. The zero-order valence-corrected chi connectivity index (χ0v) is 17.1. The van der Waals surface area contributed by atoms with Crippen LogP contribution in [0.1, 0.15) is 12.8 Å². The number of amides is 2. The highest BCUT2D eigenvalue weighted by atomic mass is 35.5. The van der Waals surface area contributed by atoms with Gasteiger partial charge in [-0.2, -0.15) is 5.10 Å². The lowest BCUT2D eigenvalue weighted by atomic mass is 10.1. The normalized spacial score (nSPS) is 15.8. The van der Waals surface area contributed by atoms with Gasteiger partial charge in [0.15, 0.2) is 5.82 Å². The van der Waals surface area contributed by atoms with E-state index in [4.69, 9.17) is 22.1 Å². The summed E-state index contributed by atoms with van der Waals surface area (Å²) in [6.45, 7) is 1.02. The summed E-state index contributed by atoms with van der Waals surface area (Å²) >= 11 is 5.96. The van der Waals surface area contributed by atoms with Crippen molar-refractivity contribution in [2.75, 3.05) is 24.2 Å². The molecule has 1 aliphatic heterocycles. The number of carbonyl (C=O) groups excluding carboxylic acids is 1. The van der Waals surface area contributed by atoms with E-state index in [1.54, 1.807) is 24.3 Å². The number of rotatable bonds is 5. The van der Waals surface area contributed by atoms with E-state index in [9.17, 15) is 13.6 Å². The maximum absolute atomic E-state index is 14.4. The first kappa shape index (κ1) is 21.1. The highest BCUT2D eigenvalue weighted by Crippen LogP contribution is 2.35. The predicted octanol–water partition coefficient (Wildman–Crippen LogP) is 4.35. The van der Waals surface area contributed by atoms with Crippen LogP contribution >= 0.6 is 11.6 Å². The molecule has 1 saturated heterocycles. The number of nitrogens with two attached hydrogens (primary N) is 1. The quantitative estimate of drug-likeness (QED) is 0.542. The molecule has 1 aliphatic rings. The number of nitrogens with zero attached hydrogens (tertiary/aromatic N) is 2. The van der Waals surface area contributed by atoms with Gasteiger partial charge in [0, 0.05) is 29.8 Å². The van der Waals surface area contributed by atoms with Crippen molar-refractivity contribution in [3.8, 4) is 16.9 Å². The summed E-state index contributed by atoms with van der Waals surface area (Å²) in [7, 11) is 0. The number of nitrogen functional groups attached to an aromatic ring is 1. The number of hydrogen-bond donors (Lipinski definition) is 3. The Labute approximate surface area is 182 Å². The molecular weight excluding hydrogens is 428 g/mol. The molecule has 2 aromatic carbocycles. The highest BCUT2D eigenvalue weighted by molar-refractivity contribution is 6.30. The molecule has 1 unspecified atom stereocenters. The number of anilines is 2. The number of urea groups is 1. The van der Waals surface area contributed by atoms with Crippen LogP contribution in [-0.2, 0) is 4.74 Å². The van der Waals surface area contributed by atoms with Gasteiger partial charge < -0.3 is 21.1 Å². The van der Waals surface area contributed by atoms with Gasteiger partial charge in [-0.25, -0.2) is 18.3 Å². The van der Waals surface area contributed by atoms with Gasteiger partial charge in [-0.05, 0) is 37.1 Å². The van der Waals surface area contributed by atoms with Crippen LogP contribution < -0.4 is 16.4 Å². The van der Waals surface area contributed by atoms with Crippen LogP contribution in [0.3, 0.4) is 0 Å². The van der Waals surface area contributed by atoms with E-state index in [0.29, 0.717) is 23.7 Å². The summed E-state index contributed by atoms with van der Waals surface area (Å²) < 4.78 is 34.7. The summed E-state index contributed by atoms with van der Waals surface area (Å²) in [4.78, 5) is 12.5. The second-order valence-electron chi connectivity index (χ2n) is 7.09. The minimum absolute atomic E-state index is 0.0389. The van der Waals surface area contributed by atoms with E-state index in [1.807, 2.05) is 0 Å². The van der Waals surface area contributed by atoms with Crippen molar-refractivity contribution in [1.82, 2.24) is 15.1 Å². The molecule has 1 fully saturated rings. The number of aromatic nitrogens is 2. The second kappa shape index (κ2) is 8.91. The third-order valence-electron chi connectivity index (χ3n) is 4.93. The van der Waals surface area contributed by atoms with E-state index in [1.165, 1.54) is 0 Å². The van der Waals surface area contributed by atoms with Crippen LogP contribution in [-0.4, -0.2) is 35.1 Å². The molecular formula is C21H20ClF2N5O2. The summed E-state index contributed by atoms with van der Waals surface area (Å²) in [5.41, 5.74) is 7.06. The highest BCUT2D eigenvalue weighted by Gasteiger charge is 2.23. The lowest BCUT2D eigenvalue weighted by molar-refractivity contribution is 0.112. The van der Waals surface area contributed by atoms with Crippen molar-refractivity contribution >= 4 is 29.1 Å². The van der Waals surface area contributed by atoms with Crippen LogP contribution in [0.2, 0.25) is 5.02 Å². The fraction of sp³-hybridized carbons (Fsp3) is 0.238. The maximum Gasteiger partial charge on any atom is 0.319 e. The molecule has 0 bridgehead atoms. The molecule has 0 saturated carbocycles. The molecule has 2 amide bonds. The Balaban J connectivity index is 1.69. The van der Waals surface area contributed by atoms with Crippen LogP contribution in [0.5, 0.6) is 0 Å². The zero-order valence-electron chi connectivity index (χ0n) is 16.4. The number of hydrogen-bond acceptors (Lipinski definition) is 4. The molecule has 7 nitrogen and oxygen atoms in total. The minimum Gasteiger partial charge on any atom is -0.382 e. The average Bonchev–Trinajstić information content (AvgIpc) is 3.38. The molecule has 0 spiro atoms. The van der Waals surface area contributed by atoms with Gasteiger partial charge in [-0.15, -0.1) is 0 Å². The SMILES string of the molecule is Nc1c(NC(=O)NCC2CCCO2)c(-c2ccc(Cl)cc2)nn1-c1cc(F)ccc1F. The third-order valence-corrected chi connectivity index (χ3v) is 5.18. The number of carbonyl (C=O) groups is 1. The molecule has 162 valence electrons. The molecule has 4 rings (SSSR count). The second-order valence-corrected chi connectivity index (χ2v) is 7.53. The molecule has 3 aromatic rings. The van der Waals surface area contributed by atoms with Gasteiger partial charge in [0.05, 0.1) is 6.10 Å². The largest absolute Gasteiger partial charge is 0.382 e. The first-order valence-electron chi connectivity index (χ1n) is 9.68. The van der Waals surface area contributed by atoms with Crippen molar-refractivity contribution in [1.29, 1.82) is 0 Å². The Morgan fingerprint density at radius 1 is 1.26 bits per heavy atom. The number of nitrogens with one attached hydrogen (secondary N) is 2. The van der Waals surface area contributed by atoms with Crippen molar-refractivity contribution in [3.63, 3.8) is 0 Å². The van der Waals surface area contributed by atoms with Crippen LogP contribution in [0.15, 0.2) is 42.5 Å². The fourth-order valence-corrected chi connectivity index (χ4v) is 3.49. The molecule has 2 heterocycles. The fourth-order valence-electron chi connectivity index (χ4n) is 3.37. The first-order valence-corrected chi connectivity index (χ1v) is 10.1. The van der Waals surface area contributed by atoms with E-state index in [2.05, 4.69) is 15.7 Å². The van der Waals surface area contributed by atoms with Crippen LogP contribution in [0.4, 0.5) is 25.1 Å². The number of ether oxygens (including phenoxy) is 1. The molecule has 10 heteroatoms. The lowest BCUT2D eigenvalue weighted by Gasteiger charge is -2.12. The molecule has 1 atom stereocenters. The van der Waals surface area contributed by atoms with Gasteiger partial charge in [0.25, 0.3) is 0 Å². The predicted molar refractivity (Wildman–Crippen MR) is 114 cm³/mol. The zero-order chi connectivity index (χ0) is 22.0. The Morgan fingerprint density at radius 3 is 2.74 bits per heavy atom. The molecule has 4 N–H and O–H groups in total. The summed E-state index contributed by atoms with van der Waals surface area (Å²) in [6, 6.07) is 9.11. The lowest BCUT2D eigenvalue weighted by Crippen LogP contribution is -2.35. The standard InChI is InChI=1S/C21H20ClF2N5O2/c22-13-5-3-12(4-6-13)18-19(27-21(30)26-11-15-2-1-9-31-15)20(25)29(28-18)17-10-14(23)7-8-16(17)24/h3-8,10,15H,1-2,9,11,25H2,(H2,26,27,30). The van der Waals surface area contributed by atoms with Gasteiger partial charge in [-0.3, -0.25) is 0 Å². The molecule has 0 aliphatic carbocycles. The monoisotopic (exact) mass is 447 g/mol. The van der Waals surface area contributed by atoms with Gasteiger partial charge in [0.1, 0.15) is 28.7 Å². The van der Waals surface area contributed by atoms with Gasteiger partial charge >= 0.3 is 6.03 Å². The van der Waals surface area contributed by atoms with E-state index >= 15 is 0 Å². The van der Waals surface area contributed by atoms with Crippen LogP contribution in [0.25, 0.3) is 16.9 Å². The third kappa shape index (κ3) is 4.62. The molecule has 31 heavy (non-hydrogen) atoms.